The molecule has 0 atom stereocenters. The number of phenolic OH excluding ortho intramolecular Hbond substituents is 5. The molecule has 1 heterocycles. The molecule has 72 heavy (non-hydrogen) atoms. The van der Waals surface area contributed by atoms with Crippen LogP contribution in [0, 0.1) is 20.8 Å². The minimum Gasteiger partial charge on any atom is -0.508 e. The summed E-state index contributed by atoms with van der Waals surface area (Å²) in [5, 5.41) is 46.9. The van der Waals surface area contributed by atoms with Gasteiger partial charge in [-0.1, -0.05) is 171 Å². The standard InChI is InChI=1S/C21H16O3.C16H18O.C13H12O3S.C13H12O/c1-14-19-4-2-3-5-20(19)21(24-14,15-6-10-17(22)11-7-15)16-8-12-18(23)13-9-16;1-12-4-6-13(7-5-12)16(2,3)14-8-10-15(17)11-9-14;1-10-2-6-12(7-3-10)17(15,16)13-8-4-11(14)5-9-13;1-10-2-4-11(5-3-10)12-6-8-13(14)9-7-12/h2-13,22-23H,1H2;4-11,17H,1-3H3;2-9,14H,1H3;2-9,14H,1H3. The molecule has 0 saturated carbocycles. The number of fused-ring (bicyclic) bond motifs is 1. The van der Waals surface area contributed by atoms with Crippen molar-refractivity contribution in [3.63, 3.8) is 0 Å². The molecule has 8 nitrogen and oxygen atoms in total. The van der Waals surface area contributed by atoms with Crippen molar-refractivity contribution in [2.45, 2.75) is 55.4 Å². The van der Waals surface area contributed by atoms with Crippen LogP contribution in [0.1, 0.15) is 63.9 Å². The fourth-order valence-electron chi connectivity index (χ4n) is 8.21. The van der Waals surface area contributed by atoms with E-state index in [0.717, 1.165) is 33.4 Å². The lowest BCUT2D eigenvalue weighted by molar-refractivity contribution is 0.139. The van der Waals surface area contributed by atoms with Gasteiger partial charge in [0.15, 0.2) is 5.60 Å². The minimum atomic E-state index is -3.48. The van der Waals surface area contributed by atoms with E-state index in [-0.39, 0.29) is 32.5 Å². The summed E-state index contributed by atoms with van der Waals surface area (Å²) in [5.74, 6) is 1.67. The summed E-state index contributed by atoms with van der Waals surface area (Å²) in [4.78, 5) is 0.438. The molecule has 1 aliphatic heterocycles. The first kappa shape index (κ1) is 51.3. The van der Waals surface area contributed by atoms with Crippen LogP contribution in [0.15, 0.2) is 235 Å². The maximum Gasteiger partial charge on any atom is 0.206 e. The van der Waals surface area contributed by atoms with E-state index < -0.39 is 15.4 Å². The van der Waals surface area contributed by atoms with E-state index >= 15 is 0 Å². The number of aryl methyl sites for hydroxylation is 3. The minimum absolute atomic E-state index is 0.0403. The van der Waals surface area contributed by atoms with Gasteiger partial charge in [0.05, 0.1) is 9.79 Å². The van der Waals surface area contributed by atoms with Gasteiger partial charge >= 0.3 is 0 Å². The number of ether oxygens (including phenoxy) is 1. The second-order valence-electron chi connectivity index (χ2n) is 18.1. The zero-order chi connectivity index (χ0) is 51.6. The molecule has 0 fully saturated rings. The van der Waals surface area contributed by atoms with Crippen LogP contribution in [0.3, 0.4) is 0 Å². The number of hydrogen-bond acceptors (Lipinski definition) is 8. The molecule has 0 aliphatic carbocycles. The molecule has 10 rings (SSSR count). The normalized spacial score (nSPS) is 12.3. The topological polar surface area (TPSA) is 145 Å². The van der Waals surface area contributed by atoms with Gasteiger partial charge in [-0.2, -0.15) is 0 Å². The smallest absolute Gasteiger partial charge is 0.206 e. The lowest BCUT2D eigenvalue weighted by atomic mass is 9.78. The molecule has 1 aliphatic rings. The number of aromatic hydroxyl groups is 5. The molecule has 5 N–H and O–H groups in total. The number of benzene rings is 9. The Labute approximate surface area is 422 Å². The van der Waals surface area contributed by atoms with E-state index in [2.05, 4.69) is 82.8 Å². The number of phenols is 5. The third kappa shape index (κ3) is 11.9. The van der Waals surface area contributed by atoms with Crippen LogP contribution in [0.25, 0.3) is 16.9 Å². The van der Waals surface area contributed by atoms with E-state index in [1.54, 1.807) is 72.8 Å². The average molecular weight is 975 g/mol. The molecule has 0 unspecified atom stereocenters. The summed E-state index contributed by atoms with van der Waals surface area (Å²) >= 11 is 0. The number of rotatable bonds is 7. The van der Waals surface area contributed by atoms with Crippen molar-refractivity contribution in [2.75, 3.05) is 0 Å². The number of hydrogen-bond donors (Lipinski definition) is 5. The predicted octanol–water partition coefficient (Wildman–Crippen LogP) is 14.3. The Bertz CT molecular complexity index is 3140. The average Bonchev–Trinajstić information content (AvgIpc) is 3.68. The van der Waals surface area contributed by atoms with Gasteiger partial charge in [0, 0.05) is 27.7 Å². The van der Waals surface area contributed by atoms with Crippen LogP contribution in [-0.4, -0.2) is 34.0 Å². The van der Waals surface area contributed by atoms with Crippen molar-refractivity contribution < 1.29 is 38.7 Å². The summed E-state index contributed by atoms with van der Waals surface area (Å²) in [7, 11) is -3.48. The first-order valence-corrected chi connectivity index (χ1v) is 24.8. The lowest BCUT2D eigenvalue weighted by Gasteiger charge is -2.31. The zero-order valence-electron chi connectivity index (χ0n) is 40.9. The molecule has 9 aromatic rings. The summed E-state index contributed by atoms with van der Waals surface area (Å²) in [6, 6.07) is 65.7. The predicted molar refractivity (Wildman–Crippen MR) is 287 cm³/mol. The Morgan fingerprint density at radius 1 is 0.417 bits per heavy atom. The van der Waals surface area contributed by atoms with E-state index in [1.807, 2.05) is 79.7 Å². The van der Waals surface area contributed by atoms with Crippen molar-refractivity contribution in [1.82, 2.24) is 0 Å². The van der Waals surface area contributed by atoms with Crippen LogP contribution in [0.5, 0.6) is 28.7 Å². The Balaban J connectivity index is 0.000000144. The van der Waals surface area contributed by atoms with Crippen LogP contribution in [0.2, 0.25) is 0 Å². The molecule has 0 radical (unpaired) electrons. The Hall–Kier alpha value is -8.53. The van der Waals surface area contributed by atoms with Crippen molar-refractivity contribution in [2.24, 2.45) is 0 Å². The summed E-state index contributed by atoms with van der Waals surface area (Å²) in [6.07, 6.45) is 0. The van der Waals surface area contributed by atoms with Crippen LogP contribution in [-0.2, 0) is 25.6 Å². The molecule has 9 heteroatoms. The fourth-order valence-corrected chi connectivity index (χ4v) is 9.47. The third-order valence-corrected chi connectivity index (χ3v) is 14.3. The molecule has 0 saturated heterocycles. The third-order valence-electron chi connectivity index (χ3n) is 12.5. The van der Waals surface area contributed by atoms with Gasteiger partial charge in [-0.25, -0.2) is 8.42 Å². The van der Waals surface area contributed by atoms with Gasteiger partial charge in [0.25, 0.3) is 0 Å². The van der Waals surface area contributed by atoms with Gasteiger partial charge in [-0.05, 0) is 128 Å². The second kappa shape index (κ2) is 22.0. The highest BCUT2D eigenvalue weighted by Crippen LogP contribution is 2.51. The van der Waals surface area contributed by atoms with Crippen molar-refractivity contribution in [1.29, 1.82) is 0 Å². The molecule has 9 aromatic carbocycles. The first-order valence-electron chi connectivity index (χ1n) is 23.3. The molecular formula is C63H58O8S. The Morgan fingerprint density at radius 2 is 0.722 bits per heavy atom. The zero-order valence-corrected chi connectivity index (χ0v) is 41.7. The number of sulfone groups is 1. The summed E-state index contributed by atoms with van der Waals surface area (Å²) < 4.78 is 30.7. The monoisotopic (exact) mass is 974 g/mol. The van der Waals surface area contributed by atoms with Crippen molar-refractivity contribution in [3.8, 4) is 39.9 Å². The van der Waals surface area contributed by atoms with Gasteiger partial charge in [0.1, 0.15) is 34.5 Å². The Kier molecular flexibility index (Phi) is 15.7. The van der Waals surface area contributed by atoms with Crippen molar-refractivity contribution >= 4 is 15.6 Å². The molecule has 0 bridgehead atoms. The second-order valence-corrected chi connectivity index (χ2v) is 20.1. The highest BCUT2D eigenvalue weighted by atomic mass is 32.2. The molecule has 364 valence electrons. The van der Waals surface area contributed by atoms with Gasteiger partial charge in [-0.3, -0.25) is 0 Å². The fraction of sp³-hybridized carbons (Fsp3) is 0.111. The highest BCUT2D eigenvalue weighted by molar-refractivity contribution is 7.91. The lowest BCUT2D eigenvalue weighted by Crippen LogP contribution is -2.28. The molecule has 0 aromatic heterocycles. The highest BCUT2D eigenvalue weighted by Gasteiger charge is 2.46. The van der Waals surface area contributed by atoms with Gasteiger partial charge < -0.3 is 30.3 Å². The molecule has 0 amide bonds. The van der Waals surface area contributed by atoms with Gasteiger partial charge in [-0.15, -0.1) is 0 Å². The van der Waals surface area contributed by atoms with E-state index in [1.165, 1.54) is 52.1 Å². The quantitative estimate of drug-likeness (QED) is 0.106. The molecule has 0 spiro atoms. The molecular weight excluding hydrogens is 917 g/mol. The van der Waals surface area contributed by atoms with Crippen LogP contribution in [0.4, 0.5) is 0 Å². The summed E-state index contributed by atoms with van der Waals surface area (Å²) in [6.45, 7) is 14.5. The van der Waals surface area contributed by atoms with Crippen LogP contribution < -0.4 is 0 Å². The first-order chi connectivity index (χ1) is 34.4. The van der Waals surface area contributed by atoms with Gasteiger partial charge in [0.2, 0.25) is 9.84 Å². The largest absolute Gasteiger partial charge is 0.508 e. The van der Waals surface area contributed by atoms with E-state index in [0.29, 0.717) is 17.3 Å². The van der Waals surface area contributed by atoms with Crippen molar-refractivity contribution in [3.05, 3.63) is 275 Å². The SMILES string of the molecule is C=C1OC(c2ccc(O)cc2)(c2ccc(O)cc2)c2ccccc21.Cc1ccc(-c2ccc(O)cc2)cc1.Cc1ccc(C(C)(C)c2ccc(O)cc2)cc1.Cc1ccc(S(=O)(=O)c2ccc(O)cc2)cc1. The Morgan fingerprint density at radius 3 is 1.15 bits per heavy atom. The maximum absolute atomic E-state index is 12.2. The maximum atomic E-state index is 12.2. The summed E-state index contributed by atoms with van der Waals surface area (Å²) in [5.41, 5.74) is 11.2. The van der Waals surface area contributed by atoms with E-state index in [4.69, 9.17) is 14.9 Å². The van der Waals surface area contributed by atoms with Crippen LogP contribution >= 0.6 is 0 Å². The van der Waals surface area contributed by atoms with E-state index in [9.17, 15) is 23.7 Å².